The van der Waals surface area contributed by atoms with Gasteiger partial charge in [0, 0.05) is 37.2 Å². The largest absolute Gasteiger partial charge is 0.309 e. The van der Waals surface area contributed by atoms with Crippen LogP contribution in [0.4, 0.5) is 0 Å². The summed E-state index contributed by atoms with van der Waals surface area (Å²) in [4.78, 5) is 10.3. The third-order valence-electron chi connectivity index (χ3n) is 10.2. The third kappa shape index (κ3) is 4.19. The molecule has 238 valence electrons. The lowest BCUT2D eigenvalue weighted by Crippen LogP contribution is -2.00. The van der Waals surface area contributed by atoms with Crippen LogP contribution in [0.15, 0.2) is 170 Å². The molecule has 51 heavy (non-hydrogen) atoms. The Bertz CT molecular complexity index is 3090. The fraction of sp³-hybridized carbons (Fsp3) is 0. The summed E-state index contributed by atoms with van der Waals surface area (Å²) in [6.07, 6.45) is 2.00. The van der Waals surface area contributed by atoms with Crippen LogP contribution in [0.2, 0.25) is 0 Å². The minimum absolute atomic E-state index is 0.676. The second-order valence-corrected chi connectivity index (χ2v) is 14.1. The second-order valence-electron chi connectivity index (χ2n) is 13.0. The van der Waals surface area contributed by atoms with Crippen molar-refractivity contribution in [1.82, 2.24) is 19.1 Å². The minimum Gasteiger partial charge on any atom is -0.309 e. The molecule has 5 heteroatoms. The molecule has 0 atom stereocenters. The SMILES string of the molecule is c1ccc(-c2cccc3c2c2ccccc2n3-c2ncc3sc4ccc(-c5ccccc5-n5c6ccccc6c6ccccc65)cc4c3n2)cc1. The first kappa shape index (κ1) is 28.3. The highest BCUT2D eigenvalue weighted by atomic mass is 32.1. The first-order chi connectivity index (χ1) is 25.3. The quantitative estimate of drug-likeness (QED) is 0.187. The van der Waals surface area contributed by atoms with Gasteiger partial charge in [0.05, 0.1) is 44.2 Å². The standard InChI is InChI=1S/C46H28N4S/c1-2-13-29(14-3-1)32-19-12-24-41-44(32)35-18-7-11-23-40(35)50(41)46-47-28-43-45(48-46)36-27-30(25-26-42(36)51-43)31-15-4-8-20-37(31)49-38-21-9-5-16-33(38)34-17-6-10-22-39(34)49/h1-28H. The summed E-state index contributed by atoms with van der Waals surface area (Å²) in [5, 5.41) is 6.05. The first-order valence-electron chi connectivity index (χ1n) is 17.2. The summed E-state index contributed by atoms with van der Waals surface area (Å²) in [5.41, 5.74) is 11.5. The van der Waals surface area contributed by atoms with E-state index in [1.807, 2.05) is 6.20 Å². The van der Waals surface area contributed by atoms with Gasteiger partial charge in [-0.15, -0.1) is 11.3 Å². The molecule has 4 nitrogen and oxygen atoms in total. The summed E-state index contributed by atoms with van der Waals surface area (Å²) in [5.74, 6) is 0.676. The highest BCUT2D eigenvalue weighted by Gasteiger charge is 2.20. The van der Waals surface area contributed by atoms with Gasteiger partial charge in [-0.05, 0) is 59.2 Å². The Labute approximate surface area is 297 Å². The zero-order valence-electron chi connectivity index (χ0n) is 27.4. The van der Waals surface area contributed by atoms with E-state index in [-0.39, 0.29) is 0 Å². The smallest absolute Gasteiger partial charge is 0.235 e. The molecule has 0 spiro atoms. The van der Waals surface area contributed by atoms with Crippen LogP contribution in [0.3, 0.4) is 0 Å². The predicted molar refractivity (Wildman–Crippen MR) is 214 cm³/mol. The van der Waals surface area contributed by atoms with E-state index in [0.717, 1.165) is 37.9 Å². The van der Waals surface area contributed by atoms with E-state index in [0.29, 0.717) is 5.95 Å². The van der Waals surface area contributed by atoms with E-state index in [1.165, 1.54) is 54.0 Å². The van der Waals surface area contributed by atoms with Gasteiger partial charge in [0.25, 0.3) is 0 Å². The minimum atomic E-state index is 0.676. The molecule has 0 bridgehead atoms. The van der Waals surface area contributed by atoms with Crippen molar-refractivity contribution in [3.05, 3.63) is 170 Å². The molecule has 11 rings (SSSR count). The number of benzene rings is 7. The number of para-hydroxylation sites is 4. The van der Waals surface area contributed by atoms with Crippen LogP contribution in [0.1, 0.15) is 0 Å². The Morgan fingerprint density at radius 1 is 0.431 bits per heavy atom. The van der Waals surface area contributed by atoms with Crippen LogP contribution in [-0.4, -0.2) is 19.1 Å². The van der Waals surface area contributed by atoms with Crippen molar-refractivity contribution in [3.8, 4) is 33.9 Å². The van der Waals surface area contributed by atoms with Gasteiger partial charge in [-0.25, -0.2) is 9.97 Å². The van der Waals surface area contributed by atoms with E-state index in [2.05, 4.69) is 173 Å². The van der Waals surface area contributed by atoms with Crippen LogP contribution in [0, 0.1) is 0 Å². The van der Waals surface area contributed by atoms with Crippen LogP contribution in [-0.2, 0) is 0 Å². The Kier molecular flexibility index (Phi) is 6.09. The number of thiophene rings is 1. The van der Waals surface area contributed by atoms with Crippen molar-refractivity contribution in [1.29, 1.82) is 0 Å². The van der Waals surface area contributed by atoms with E-state index in [9.17, 15) is 0 Å². The van der Waals surface area contributed by atoms with Gasteiger partial charge in [0.1, 0.15) is 0 Å². The number of fused-ring (bicyclic) bond motifs is 9. The molecule has 4 heterocycles. The van der Waals surface area contributed by atoms with Gasteiger partial charge in [0.15, 0.2) is 0 Å². The summed E-state index contributed by atoms with van der Waals surface area (Å²) in [6, 6.07) is 58.7. The van der Waals surface area contributed by atoms with E-state index >= 15 is 0 Å². The van der Waals surface area contributed by atoms with Gasteiger partial charge in [-0.2, -0.15) is 0 Å². The molecule has 0 aliphatic heterocycles. The normalized spacial score (nSPS) is 11.9. The molecule has 0 saturated heterocycles. The highest BCUT2D eigenvalue weighted by molar-refractivity contribution is 7.25. The Morgan fingerprint density at radius 2 is 1.06 bits per heavy atom. The number of hydrogen-bond acceptors (Lipinski definition) is 3. The molecular weight excluding hydrogens is 641 g/mol. The fourth-order valence-electron chi connectivity index (χ4n) is 8.01. The van der Waals surface area contributed by atoms with E-state index in [1.54, 1.807) is 11.3 Å². The van der Waals surface area contributed by atoms with Crippen LogP contribution < -0.4 is 0 Å². The van der Waals surface area contributed by atoms with E-state index in [4.69, 9.17) is 9.97 Å². The van der Waals surface area contributed by atoms with Crippen molar-refractivity contribution in [2.45, 2.75) is 0 Å². The van der Waals surface area contributed by atoms with Crippen molar-refractivity contribution in [2.24, 2.45) is 0 Å². The zero-order valence-corrected chi connectivity index (χ0v) is 28.2. The monoisotopic (exact) mass is 668 g/mol. The van der Waals surface area contributed by atoms with Crippen molar-refractivity contribution in [3.63, 3.8) is 0 Å². The lowest BCUT2D eigenvalue weighted by Gasteiger charge is -2.14. The zero-order chi connectivity index (χ0) is 33.5. The molecular formula is C46H28N4S. The van der Waals surface area contributed by atoms with Crippen molar-refractivity contribution in [2.75, 3.05) is 0 Å². The van der Waals surface area contributed by atoms with Gasteiger partial charge in [-0.3, -0.25) is 4.57 Å². The van der Waals surface area contributed by atoms with Gasteiger partial charge in [0.2, 0.25) is 5.95 Å². The van der Waals surface area contributed by atoms with E-state index < -0.39 is 0 Å². The average Bonchev–Trinajstić information content (AvgIpc) is 3.85. The molecule has 11 aromatic rings. The molecule has 4 aromatic heterocycles. The summed E-state index contributed by atoms with van der Waals surface area (Å²) in [6.45, 7) is 0. The lowest BCUT2D eigenvalue weighted by atomic mass is 9.99. The molecule has 0 fully saturated rings. The van der Waals surface area contributed by atoms with Crippen LogP contribution in [0.5, 0.6) is 0 Å². The van der Waals surface area contributed by atoms with Crippen molar-refractivity contribution < 1.29 is 0 Å². The molecule has 0 N–H and O–H groups in total. The molecule has 7 aromatic carbocycles. The maximum atomic E-state index is 5.35. The second kappa shape index (κ2) is 11.0. The summed E-state index contributed by atoms with van der Waals surface area (Å²) >= 11 is 1.74. The third-order valence-corrected chi connectivity index (χ3v) is 11.3. The lowest BCUT2D eigenvalue weighted by molar-refractivity contribution is 1.01. The number of rotatable bonds is 4. The van der Waals surface area contributed by atoms with Gasteiger partial charge in [-0.1, -0.05) is 121 Å². The first-order valence-corrected chi connectivity index (χ1v) is 18.0. The van der Waals surface area contributed by atoms with Crippen LogP contribution >= 0.6 is 11.3 Å². The van der Waals surface area contributed by atoms with Crippen molar-refractivity contribution >= 4 is 75.3 Å². The van der Waals surface area contributed by atoms with Gasteiger partial charge >= 0.3 is 0 Å². The summed E-state index contributed by atoms with van der Waals surface area (Å²) < 4.78 is 6.90. The molecule has 0 unspecified atom stereocenters. The maximum Gasteiger partial charge on any atom is 0.235 e. The number of nitrogens with zero attached hydrogens (tertiary/aromatic N) is 4. The molecule has 0 radical (unpaired) electrons. The Morgan fingerprint density at radius 3 is 1.84 bits per heavy atom. The Balaban J connectivity index is 1.12. The Hall–Kier alpha value is -6.56. The predicted octanol–water partition coefficient (Wildman–Crippen LogP) is 12.4. The molecule has 0 saturated carbocycles. The maximum absolute atomic E-state index is 5.35. The fourth-order valence-corrected chi connectivity index (χ4v) is 9.01. The molecule has 0 amide bonds. The highest BCUT2D eigenvalue weighted by Crippen LogP contribution is 2.41. The number of hydrogen-bond donors (Lipinski definition) is 0. The van der Waals surface area contributed by atoms with Crippen LogP contribution in [0.25, 0.3) is 97.8 Å². The molecule has 0 aliphatic rings. The average molecular weight is 669 g/mol. The summed E-state index contributed by atoms with van der Waals surface area (Å²) in [7, 11) is 0. The van der Waals surface area contributed by atoms with Gasteiger partial charge < -0.3 is 4.57 Å². The topological polar surface area (TPSA) is 35.6 Å². The molecule has 0 aliphatic carbocycles. The number of aromatic nitrogens is 4.